The largest absolute Gasteiger partial charge is 0.323 e. The lowest BCUT2D eigenvalue weighted by Crippen LogP contribution is -2.33. The number of hydrogen-bond acceptors (Lipinski definition) is 4. The zero-order chi connectivity index (χ0) is 17.9. The first-order chi connectivity index (χ1) is 12.5. The van der Waals surface area contributed by atoms with Crippen LogP contribution in [0.3, 0.4) is 0 Å². The Bertz CT molecular complexity index is 1020. The second kappa shape index (κ2) is 5.72. The van der Waals surface area contributed by atoms with Crippen LogP contribution in [-0.4, -0.2) is 39.1 Å². The Hall–Kier alpha value is -2.06. The predicted octanol–water partition coefficient (Wildman–Crippen LogP) is 3.70. The van der Waals surface area contributed by atoms with Crippen molar-refractivity contribution >= 4 is 21.4 Å². The minimum atomic E-state index is -2.63. The summed E-state index contributed by atoms with van der Waals surface area (Å²) in [4.78, 5) is 18.5. The number of likely N-dealkylation sites (tertiary alicyclic amines) is 1. The van der Waals surface area contributed by atoms with Crippen molar-refractivity contribution < 1.29 is 8.78 Å². The lowest BCUT2D eigenvalue weighted by molar-refractivity contribution is 0.00629. The molecule has 8 heteroatoms. The first kappa shape index (κ1) is 16.1. The Labute approximate surface area is 152 Å². The standard InChI is InChI=1S/C18H18F2N4OS/c19-18(20)4-5-24(9-18)13-3-1-2-11-12-6-14(10-7-21-22-8-10)26-16(12)17(25)23-15(11)13/h6-8,13H,1-5,9H2,(H,21,22)(H,23,25)/t13-/m1/s1. The molecule has 2 N–H and O–H groups in total. The van der Waals surface area contributed by atoms with E-state index >= 15 is 0 Å². The van der Waals surface area contributed by atoms with E-state index in [0.29, 0.717) is 11.2 Å². The molecule has 0 radical (unpaired) electrons. The number of hydrogen-bond donors (Lipinski definition) is 2. The number of halogens is 2. The van der Waals surface area contributed by atoms with Gasteiger partial charge in [-0.05, 0) is 30.9 Å². The molecule has 26 heavy (non-hydrogen) atoms. The van der Waals surface area contributed by atoms with Crippen molar-refractivity contribution in [3.8, 4) is 10.4 Å². The number of alkyl halides is 2. The van der Waals surface area contributed by atoms with Crippen LogP contribution in [0.25, 0.3) is 20.5 Å². The highest BCUT2D eigenvalue weighted by Crippen LogP contribution is 2.42. The average molecular weight is 376 g/mol. The van der Waals surface area contributed by atoms with Gasteiger partial charge in [0.25, 0.3) is 11.5 Å². The quantitative estimate of drug-likeness (QED) is 0.717. The van der Waals surface area contributed by atoms with Crippen LogP contribution in [0, 0.1) is 0 Å². The third-order valence-electron chi connectivity index (χ3n) is 5.50. The first-order valence-corrected chi connectivity index (χ1v) is 9.63. The molecule has 1 fully saturated rings. The van der Waals surface area contributed by atoms with Gasteiger partial charge in [-0.25, -0.2) is 8.78 Å². The highest BCUT2D eigenvalue weighted by molar-refractivity contribution is 7.22. The number of aryl methyl sites for hydroxylation is 1. The SMILES string of the molecule is O=c1[nH]c2c(c3cc(-c4cn[nH]c4)sc13)CCC[C@H]2N1CCC(F)(F)C1. The Balaban J connectivity index is 1.63. The summed E-state index contributed by atoms with van der Waals surface area (Å²) in [7, 11) is 0. The summed E-state index contributed by atoms with van der Waals surface area (Å²) in [6.07, 6.45) is 6.06. The number of aromatic amines is 2. The summed E-state index contributed by atoms with van der Waals surface area (Å²) in [6.45, 7) is 0.155. The van der Waals surface area contributed by atoms with E-state index in [0.717, 1.165) is 46.3 Å². The van der Waals surface area contributed by atoms with Crippen LogP contribution in [-0.2, 0) is 6.42 Å². The summed E-state index contributed by atoms with van der Waals surface area (Å²) < 4.78 is 28.1. The molecule has 136 valence electrons. The molecule has 0 spiro atoms. The number of fused-ring (bicyclic) bond motifs is 3. The molecule has 5 rings (SSSR count). The minimum absolute atomic E-state index is 0.103. The van der Waals surface area contributed by atoms with Gasteiger partial charge in [0.05, 0.1) is 18.8 Å². The molecular weight excluding hydrogens is 358 g/mol. The highest BCUT2D eigenvalue weighted by Gasteiger charge is 2.42. The maximum atomic E-state index is 13.7. The van der Waals surface area contributed by atoms with Gasteiger partial charge in [0.2, 0.25) is 0 Å². The minimum Gasteiger partial charge on any atom is -0.323 e. The third kappa shape index (κ3) is 2.51. The Morgan fingerprint density at radius 1 is 1.38 bits per heavy atom. The fourth-order valence-electron chi connectivity index (χ4n) is 4.28. The van der Waals surface area contributed by atoms with Crippen molar-refractivity contribution in [2.45, 2.75) is 37.6 Å². The van der Waals surface area contributed by atoms with Gasteiger partial charge in [-0.3, -0.25) is 14.8 Å². The Kier molecular flexibility index (Phi) is 3.55. The lowest BCUT2D eigenvalue weighted by Gasteiger charge is -2.32. The van der Waals surface area contributed by atoms with Crippen LogP contribution in [0.1, 0.15) is 36.6 Å². The summed E-state index contributed by atoms with van der Waals surface area (Å²) in [5.74, 6) is -2.63. The van der Waals surface area contributed by atoms with E-state index in [-0.39, 0.29) is 24.6 Å². The molecule has 1 saturated heterocycles. The number of rotatable bonds is 2. The maximum absolute atomic E-state index is 13.7. The smallest absolute Gasteiger partial charge is 0.266 e. The molecule has 3 aromatic rings. The normalized spacial score (nSPS) is 22.8. The molecule has 4 heterocycles. The third-order valence-corrected chi connectivity index (χ3v) is 6.68. The van der Waals surface area contributed by atoms with Crippen molar-refractivity contribution in [3.05, 3.63) is 40.1 Å². The molecule has 0 unspecified atom stereocenters. The number of thiophene rings is 1. The van der Waals surface area contributed by atoms with E-state index in [1.165, 1.54) is 11.3 Å². The highest BCUT2D eigenvalue weighted by atomic mass is 32.1. The number of H-pyrrole nitrogens is 2. The summed E-state index contributed by atoms with van der Waals surface area (Å²) in [5.41, 5.74) is 2.77. The Morgan fingerprint density at radius 2 is 2.27 bits per heavy atom. The average Bonchev–Trinajstić information content (AvgIpc) is 3.33. The van der Waals surface area contributed by atoms with Gasteiger partial charge in [0, 0.05) is 40.7 Å². The summed E-state index contributed by atoms with van der Waals surface area (Å²) in [5, 5.41) is 7.73. The van der Waals surface area contributed by atoms with Crippen molar-refractivity contribution in [2.24, 2.45) is 0 Å². The molecule has 5 nitrogen and oxygen atoms in total. The van der Waals surface area contributed by atoms with Crippen LogP contribution in [0.2, 0.25) is 0 Å². The van der Waals surface area contributed by atoms with Gasteiger partial charge >= 0.3 is 0 Å². The van der Waals surface area contributed by atoms with Crippen LogP contribution < -0.4 is 5.56 Å². The van der Waals surface area contributed by atoms with Crippen molar-refractivity contribution in [2.75, 3.05) is 13.1 Å². The zero-order valence-corrected chi connectivity index (χ0v) is 14.8. The van der Waals surface area contributed by atoms with Crippen LogP contribution in [0.4, 0.5) is 8.78 Å². The van der Waals surface area contributed by atoms with Crippen molar-refractivity contribution in [1.82, 2.24) is 20.1 Å². The monoisotopic (exact) mass is 376 g/mol. The van der Waals surface area contributed by atoms with E-state index in [4.69, 9.17) is 0 Å². The molecule has 0 bridgehead atoms. The van der Waals surface area contributed by atoms with Crippen molar-refractivity contribution in [1.29, 1.82) is 0 Å². The predicted molar refractivity (Wildman–Crippen MR) is 96.8 cm³/mol. The molecule has 0 saturated carbocycles. The molecule has 0 aromatic carbocycles. The molecule has 2 aliphatic rings. The molecule has 1 atom stereocenters. The van der Waals surface area contributed by atoms with Gasteiger partial charge in [-0.1, -0.05) is 0 Å². The van der Waals surface area contributed by atoms with E-state index < -0.39 is 5.92 Å². The topological polar surface area (TPSA) is 64.8 Å². The van der Waals surface area contributed by atoms with E-state index in [1.807, 2.05) is 11.0 Å². The molecule has 1 aliphatic carbocycles. The number of pyridine rings is 1. The van der Waals surface area contributed by atoms with E-state index in [9.17, 15) is 13.6 Å². The van der Waals surface area contributed by atoms with Crippen molar-refractivity contribution in [3.63, 3.8) is 0 Å². The van der Waals surface area contributed by atoms with Gasteiger partial charge in [0.1, 0.15) is 4.70 Å². The fourth-order valence-corrected chi connectivity index (χ4v) is 5.34. The summed E-state index contributed by atoms with van der Waals surface area (Å²) >= 11 is 1.45. The number of nitrogens with one attached hydrogen (secondary N) is 2. The number of nitrogens with zero attached hydrogens (tertiary/aromatic N) is 2. The van der Waals surface area contributed by atoms with Gasteiger partial charge < -0.3 is 4.98 Å². The lowest BCUT2D eigenvalue weighted by atomic mass is 9.89. The fraction of sp³-hybridized carbons (Fsp3) is 0.444. The van der Waals surface area contributed by atoms with E-state index in [1.54, 1.807) is 12.4 Å². The second-order valence-electron chi connectivity index (χ2n) is 7.17. The van der Waals surface area contributed by atoms with Gasteiger partial charge in [-0.15, -0.1) is 11.3 Å². The Morgan fingerprint density at radius 3 is 3.00 bits per heavy atom. The zero-order valence-electron chi connectivity index (χ0n) is 14.0. The first-order valence-electron chi connectivity index (χ1n) is 8.81. The van der Waals surface area contributed by atoms with Crippen LogP contribution in [0.5, 0.6) is 0 Å². The van der Waals surface area contributed by atoms with Crippen LogP contribution >= 0.6 is 11.3 Å². The van der Waals surface area contributed by atoms with Gasteiger partial charge in [0.15, 0.2) is 0 Å². The van der Waals surface area contributed by atoms with E-state index in [2.05, 4.69) is 15.2 Å². The molecular formula is C18H18F2N4OS. The molecule has 0 amide bonds. The summed E-state index contributed by atoms with van der Waals surface area (Å²) in [6, 6.07) is 1.92. The maximum Gasteiger partial charge on any atom is 0.266 e. The number of aromatic nitrogens is 3. The van der Waals surface area contributed by atoms with Crippen LogP contribution in [0.15, 0.2) is 23.3 Å². The van der Waals surface area contributed by atoms with Gasteiger partial charge in [-0.2, -0.15) is 5.10 Å². The molecule has 1 aliphatic heterocycles. The molecule has 3 aromatic heterocycles. The second-order valence-corrected chi connectivity index (χ2v) is 8.22.